The summed E-state index contributed by atoms with van der Waals surface area (Å²) in [6.45, 7) is 1.76. The number of hydrogen-bond acceptors (Lipinski definition) is 4. The van der Waals surface area contributed by atoms with Gasteiger partial charge in [-0.2, -0.15) is 0 Å². The Morgan fingerprint density at radius 2 is 2.11 bits per heavy atom. The van der Waals surface area contributed by atoms with Crippen LogP contribution in [0, 0.1) is 11.7 Å². The van der Waals surface area contributed by atoms with Crippen LogP contribution in [0.5, 0.6) is 5.75 Å². The van der Waals surface area contributed by atoms with E-state index in [9.17, 15) is 14.3 Å². The van der Waals surface area contributed by atoms with E-state index in [-0.39, 0.29) is 24.8 Å². The number of amides is 1. The van der Waals surface area contributed by atoms with E-state index in [0.717, 1.165) is 18.9 Å². The van der Waals surface area contributed by atoms with Gasteiger partial charge in [0.1, 0.15) is 11.6 Å². The fourth-order valence-electron chi connectivity index (χ4n) is 4.29. The summed E-state index contributed by atoms with van der Waals surface area (Å²) in [5.41, 5.74) is -0.996. The first-order valence-corrected chi connectivity index (χ1v) is 10.1. The Balaban J connectivity index is 1.55. The summed E-state index contributed by atoms with van der Waals surface area (Å²) in [4.78, 5) is 14.4. The van der Waals surface area contributed by atoms with Gasteiger partial charge in [0, 0.05) is 25.2 Å². The van der Waals surface area contributed by atoms with Crippen LogP contribution < -0.4 is 10.1 Å². The van der Waals surface area contributed by atoms with E-state index in [4.69, 9.17) is 4.74 Å². The Hall–Kier alpha value is -1.66. The summed E-state index contributed by atoms with van der Waals surface area (Å²) in [6, 6.07) is 4.51. The molecule has 1 aromatic carbocycles. The second kappa shape index (κ2) is 9.02. The number of aliphatic hydroxyl groups is 1. The van der Waals surface area contributed by atoms with E-state index < -0.39 is 5.60 Å². The van der Waals surface area contributed by atoms with Crippen LogP contribution >= 0.6 is 0 Å². The minimum Gasteiger partial charge on any atom is -0.497 e. The molecule has 1 amide bonds. The van der Waals surface area contributed by atoms with Crippen molar-refractivity contribution in [2.75, 3.05) is 26.7 Å². The van der Waals surface area contributed by atoms with Gasteiger partial charge in [-0.15, -0.1) is 0 Å². The number of methoxy groups -OCH3 is 1. The molecule has 1 aliphatic carbocycles. The van der Waals surface area contributed by atoms with Crippen molar-refractivity contribution in [1.29, 1.82) is 0 Å². The summed E-state index contributed by atoms with van der Waals surface area (Å²) in [5.74, 6) is 0.651. The zero-order valence-corrected chi connectivity index (χ0v) is 16.2. The number of nitrogens with one attached hydrogen (secondary N) is 1. The van der Waals surface area contributed by atoms with Crippen molar-refractivity contribution in [1.82, 2.24) is 10.2 Å². The minimum atomic E-state index is -1.40. The number of rotatable bonds is 8. The van der Waals surface area contributed by atoms with Gasteiger partial charge in [0.2, 0.25) is 0 Å². The maximum atomic E-state index is 14.1. The lowest BCUT2D eigenvalue weighted by Gasteiger charge is -2.38. The summed E-state index contributed by atoms with van der Waals surface area (Å²) in [5, 5.41) is 14.2. The molecule has 0 spiro atoms. The predicted molar refractivity (Wildman–Crippen MR) is 102 cm³/mol. The predicted octanol–water partition coefficient (Wildman–Crippen LogP) is 2.86. The molecule has 27 heavy (non-hydrogen) atoms. The standard InChI is InChI=1S/C21H31FN2O3/c1-27-18-7-8-19(22)17(13-18)14-24-12-4-10-21(26,20(24)25)15-23-11-9-16-5-2-3-6-16/h7-8,13,16,23,26H,2-6,9-12,14-15H2,1H3/t21-/m1/s1. The molecule has 1 saturated carbocycles. The maximum Gasteiger partial charge on any atom is 0.256 e. The second-order valence-electron chi connectivity index (χ2n) is 7.94. The lowest BCUT2D eigenvalue weighted by Crippen LogP contribution is -2.57. The Morgan fingerprint density at radius 3 is 2.85 bits per heavy atom. The third kappa shape index (κ3) is 4.99. The molecule has 1 saturated heterocycles. The van der Waals surface area contributed by atoms with Crippen molar-refractivity contribution in [3.8, 4) is 5.75 Å². The number of hydrogen-bond donors (Lipinski definition) is 2. The van der Waals surface area contributed by atoms with Crippen LogP contribution in [-0.2, 0) is 11.3 Å². The molecule has 1 heterocycles. The fourth-order valence-corrected chi connectivity index (χ4v) is 4.29. The number of carbonyl (C=O) groups excluding carboxylic acids is 1. The van der Waals surface area contributed by atoms with E-state index in [2.05, 4.69) is 5.32 Å². The van der Waals surface area contributed by atoms with Gasteiger partial charge in [0.25, 0.3) is 5.91 Å². The summed E-state index contributed by atoms with van der Waals surface area (Å²) in [7, 11) is 1.53. The first-order chi connectivity index (χ1) is 13.0. The molecule has 1 aromatic rings. The highest BCUT2D eigenvalue weighted by Crippen LogP contribution is 2.28. The first kappa shape index (κ1) is 20.1. The minimum absolute atomic E-state index is 0.145. The summed E-state index contributed by atoms with van der Waals surface area (Å²) >= 11 is 0. The molecule has 5 nitrogen and oxygen atoms in total. The van der Waals surface area contributed by atoms with Crippen LogP contribution in [0.1, 0.15) is 50.5 Å². The van der Waals surface area contributed by atoms with Crippen molar-refractivity contribution in [2.45, 2.75) is 57.1 Å². The zero-order valence-electron chi connectivity index (χ0n) is 16.2. The molecule has 0 radical (unpaired) electrons. The lowest BCUT2D eigenvalue weighted by molar-refractivity contribution is -0.157. The summed E-state index contributed by atoms with van der Waals surface area (Å²) < 4.78 is 19.3. The second-order valence-corrected chi connectivity index (χ2v) is 7.94. The number of likely N-dealkylation sites (tertiary alicyclic amines) is 1. The monoisotopic (exact) mass is 378 g/mol. The Morgan fingerprint density at radius 1 is 1.33 bits per heavy atom. The van der Waals surface area contributed by atoms with Crippen molar-refractivity contribution in [2.24, 2.45) is 5.92 Å². The fraction of sp³-hybridized carbons (Fsp3) is 0.667. The van der Waals surface area contributed by atoms with Crippen LogP contribution in [0.4, 0.5) is 4.39 Å². The van der Waals surface area contributed by atoms with Crippen LogP contribution in [-0.4, -0.2) is 48.3 Å². The largest absolute Gasteiger partial charge is 0.497 e. The van der Waals surface area contributed by atoms with Gasteiger partial charge < -0.3 is 20.1 Å². The third-order valence-electron chi connectivity index (χ3n) is 5.94. The van der Waals surface area contributed by atoms with Crippen LogP contribution in [0.3, 0.4) is 0 Å². The molecule has 150 valence electrons. The van der Waals surface area contributed by atoms with E-state index in [1.54, 1.807) is 17.0 Å². The highest BCUT2D eigenvalue weighted by molar-refractivity contribution is 5.86. The molecule has 6 heteroatoms. The van der Waals surface area contributed by atoms with Crippen molar-refractivity contribution in [3.63, 3.8) is 0 Å². The van der Waals surface area contributed by atoms with E-state index in [0.29, 0.717) is 30.7 Å². The molecule has 0 bridgehead atoms. The van der Waals surface area contributed by atoms with Gasteiger partial charge in [0.15, 0.2) is 5.60 Å². The number of piperidine rings is 1. The highest BCUT2D eigenvalue weighted by Gasteiger charge is 2.41. The normalized spacial score (nSPS) is 23.8. The smallest absolute Gasteiger partial charge is 0.256 e. The molecule has 0 unspecified atom stereocenters. The number of halogens is 1. The number of ether oxygens (including phenoxy) is 1. The topological polar surface area (TPSA) is 61.8 Å². The van der Waals surface area contributed by atoms with Crippen LogP contribution in [0.25, 0.3) is 0 Å². The number of carbonyl (C=O) groups is 1. The SMILES string of the molecule is COc1ccc(F)c(CN2CCC[C@@](O)(CNCCC3CCCC3)C2=O)c1. The van der Waals surface area contributed by atoms with Gasteiger partial charge in [-0.25, -0.2) is 4.39 Å². The average molecular weight is 378 g/mol. The van der Waals surface area contributed by atoms with Gasteiger partial charge in [-0.3, -0.25) is 4.79 Å². The number of nitrogens with zero attached hydrogens (tertiary/aromatic N) is 1. The zero-order chi connectivity index (χ0) is 19.3. The molecule has 1 aliphatic heterocycles. The molecule has 0 aromatic heterocycles. The van der Waals surface area contributed by atoms with E-state index >= 15 is 0 Å². The van der Waals surface area contributed by atoms with Gasteiger partial charge in [-0.1, -0.05) is 25.7 Å². The maximum absolute atomic E-state index is 14.1. The molecule has 2 fully saturated rings. The quantitative estimate of drug-likeness (QED) is 0.683. The molecule has 2 aliphatic rings. The Labute approximate surface area is 160 Å². The average Bonchev–Trinajstić information content (AvgIpc) is 3.18. The van der Waals surface area contributed by atoms with E-state index in [1.165, 1.54) is 38.9 Å². The van der Waals surface area contributed by atoms with Crippen LogP contribution in [0.15, 0.2) is 18.2 Å². The van der Waals surface area contributed by atoms with Gasteiger partial charge in [0.05, 0.1) is 7.11 Å². The van der Waals surface area contributed by atoms with Crippen molar-refractivity contribution >= 4 is 5.91 Å². The van der Waals surface area contributed by atoms with E-state index in [1.807, 2.05) is 0 Å². The molecular weight excluding hydrogens is 347 g/mol. The van der Waals surface area contributed by atoms with Crippen LogP contribution in [0.2, 0.25) is 0 Å². The highest BCUT2D eigenvalue weighted by atomic mass is 19.1. The first-order valence-electron chi connectivity index (χ1n) is 10.1. The molecule has 2 N–H and O–H groups in total. The Kier molecular flexibility index (Phi) is 6.71. The molecule has 1 atom stereocenters. The lowest BCUT2D eigenvalue weighted by atomic mass is 9.91. The van der Waals surface area contributed by atoms with Crippen molar-refractivity contribution in [3.05, 3.63) is 29.6 Å². The van der Waals surface area contributed by atoms with Gasteiger partial charge in [-0.05, 0) is 49.9 Å². The number of benzene rings is 1. The molecular formula is C21H31FN2O3. The summed E-state index contributed by atoms with van der Waals surface area (Å²) in [6.07, 6.45) is 7.49. The Bertz CT molecular complexity index is 648. The molecule has 3 rings (SSSR count). The third-order valence-corrected chi connectivity index (χ3v) is 5.94. The van der Waals surface area contributed by atoms with Crippen molar-refractivity contribution < 1.29 is 19.0 Å². The van der Waals surface area contributed by atoms with Gasteiger partial charge >= 0.3 is 0 Å².